The number of hydrogen-bond acceptors (Lipinski definition) is 3. The molecule has 0 aliphatic carbocycles. The smallest absolute Gasteiger partial charge is 0.335 e. The molecule has 146 valence electrons. The molecule has 2 aromatic carbocycles. The lowest BCUT2D eigenvalue weighted by Crippen LogP contribution is -2.32. The number of aromatic nitrogens is 1. The zero-order valence-corrected chi connectivity index (χ0v) is 16.8. The fourth-order valence-electron chi connectivity index (χ4n) is 2.96. The average molecular weight is 442 g/mol. The van der Waals surface area contributed by atoms with Gasteiger partial charge in [0, 0.05) is 23.0 Å². The summed E-state index contributed by atoms with van der Waals surface area (Å²) in [7, 11) is 1.71. The SMILES string of the molecule is Cn1c(C(=O)N[C@H](CO)c2ccc(C(=O)O)cc2Cl)cc2c(Cl)c(Cl)ccc21. The highest BCUT2D eigenvalue weighted by atomic mass is 35.5. The fourth-order valence-corrected chi connectivity index (χ4v) is 3.66. The van der Waals surface area contributed by atoms with Crippen LogP contribution in [0.1, 0.15) is 32.5 Å². The number of amides is 1. The summed E-state index contributed by atoms with van der Waals surface area (Å²) in [5.74, 6) is -1.58. The van der Waals surface area contributed by atoms with Crippen LogP contribution in [0.25, 0.3) is 10.9 Å². The molecule has 1 aromatic heterocycles. The Morgan fingerprint density at radius 3 is 2.43 bits per heavy atom. The summed E-state index contributed by atoms with van der Waals surface area (Å²) in [6, 6.07) is 8.29. The van der Waals surface area contributed by atoms with E-state index in [1.807, 2.05) is 0 Å². The molecule has 0 saturated heterocycles. The summed E-state index contributed by atoms with van der Waals surface area (Å²) in [4.78, 5) is 23.8. The maximum atomic E-state index is 12.8. The van der Waals surface area contributed by atoms with Gasteiger partial charge in [-0.3, -0.25) is 4.79 Å². The van der Waals surface area contributed by atoms with E-state index in [-0.39, 0.29) is 10.6 Å². The third kappa shape index (κ3) is 3.69. The minimum atomic E-state index is -1.12. The second-order valence-electron chi connectivity index (χ2n) is 6.13. The van der Waals surface area contributed by atoms with E-state index in [2.05, 4.69) is 5.32 Å². The van der Waals surface area contributed by atoms with E-state index in [1.165, 1.54) is 18.2 Å². The van der Waals surface area contributed by atoms with Crippen molar-refractivity contribution >= 4 is 57.6 Å². The number of carbonyl (C=O) groups excluding carboxylic acids is 1. The summed E-state index contributed by atoms with van der Waals surface area (Å²) in [5, 5.41) is 23.0. The number of nitrogens with zero attached hydrogens (tertiary/aromatic N) is 1. The van der Waals surface area contributed by atoms with Crippen LogP contribution >= 0.6 is 34.8 Å². The Morgan fingerprint density at radius 2 is 1.82 bits per heavy atom. The van der Waals surface area contributed by atoms with E-state index in [1.54, 1.807) is 29.8 Å². The van der Waals surface area contributed by atoms with E-state index in [0.717, 1.165) is 5.52 Å². The first kappa shape index (κ1) is 20.5. The first-order chi connectivity index (χ1) is 13.2. The molecule has 3 N–H and O–H groups in total. The summed E-state index contributed by atoms with van der Waals surface area (Å²) >= 11 is 18.4. The molecule has 28 heavy (non-hydrogen) atoms. The van der Waals surface area contributed by atoms with Crippen LogP contribution in [0.2, 0.25) is 15.1 Å². The highest BCUT2D eigenvalue weighted by Crippen LogP contribution is 2.33. The second-order valence-corrected chi connectivity index (χ2v) is 7.33. The molecule has 1 heterocycles. The van der Waals surface area contributed by atoms with Crippen LogP contribution in [0.15, 0.2) is 36.4 Å². The topological polar surface area (TPSA) is 91.6 Å². The number of nitrogens with one attached hydrogen (secondary N) is 1. The number of rotatable bonds is 5. The number of benzene rings is 2. The van der Waals surface area contributed by atoms with Gasteiger partial charge in [-0.15, -0.1) is 0 Å². The van der Waals surface area contributed by atoms with Crippen molar-refractivity contribution in [2.24, 2.45) is 7.05 Å². The molecule has 0 saturated carbocycles. The largest absolute Gasteiger partial charge is 0.478 e. The number of hydrogen-bond donors (Lipinski definition) is 3. The van der Waals surface area contributed by atoms with Gasteiger partial charge in [0.2, 0.25) is 0 Å². The number of carboxylic acids is 1. The number of aliphatic hydroxyl groups excluding tert-OH is 1. The van der Waals surface area contributed by atoms with Gasteiger partial charge in [-0.05, 0) is 35.9 Å². The normalized spacial score (nSPS) is 12.2. The van der Waals surface area contributed by atoms with Gasteiger partial charge in [0.15, 0.2) is 0 Å². The summed E-state index contributed by atoms with van der Waals surface area (Å²) in [6.07, 6.45) is 0. The van der Waals surface area contributed by atoms with E-state index in [4.69, 9.17) is 39.9 Å². The summed E-state index contributed by atoms with van der Waals surface area (Å²) < 4.78 is 1.66. The molecule has 3 aromatic rings. The Balaban J connectivity index is 1.93. The fraction of sp³-hybridized carbons (Fsp3) is 0.158. The predicted molar refractivity (Wildman–Crippen MR) is 109 cm³/mol. The molecule has 0 radical (unpaired) electrons. The molecule has 0 aliphatic rings. The van der Waals surface area contributed by atoms with Crippen LogP contribution in [0.5, 0.6) is 0 Å². The third-order valence-corrected chi connectivity index (χ3v) is 5.60. The van der Waals surface area contributed by atoms with Gasteiger partial charge in [-0.1, -0.05) is 40.9 Å². The molecular formula is C19H15Cl3N2O4. The van der Waals surface area contributed by atoms with E-state index >= 15 is 0 Å². The van der Waals surface area contributed by atoms with Gasteiger partial charge in [0.05, 0.1) is 28.3 Å². The first-order valence-corrected chi connectivity index (χ1v) is 9.26. The number of fused-ring (bicyclic) bond motifs is 1. The van der Waals surface area contributed by atoms with Gasteiger partial charge in [-0.2, -0.15) is 0 Å². The lowest BCUT2D eigenvalue weighted by Gasteiger charge is -2.18. The molecule has 6 nitrogen and oxygen atoms in total. The van der Waals surface area contributed by atoms with Gasteiger partial charge in [-0.25, -0.2) is 4.79 Å². The minimum absolute atomic E-state index is 0.0111. The van der Waals surface area contributed by atoms with Crippen LogP contribution in [-0.2, 0) is 7.05 Å². The van der Waals surface area contributed by atoms with Crippen LogP contribution in [0.3, 0.4) is 0 Å². The third-order valence-electron chi connectivity index (χ3n) is 4.46. The Morgan fingerprint density at radius 1 is 1.11 bits per heavy atom. The highest BCUT2D eigenvalue weighted by Gasteiger charge is 2.22. The molecule has 0 spiro atoms. The molecule has 1 atom stereocenters. The zero-order chi connectivity index (χ0) is 20.6. The van der Waals surface area contributed by atoms with Crippen LogP contribution in [0, 0.1) is 0 Å². The van der Waals surface area contributed by atoms with Gasteiger partial charge in [0.1, 0.15) is 5.69 Å². The predicted octanol–water partition coefficient (Wildman–Crippen LogP) is 4.30. The minimum Gasteiger partial charge on any atom is -0.478 e. The van der Waals surface area contributed by atoms with E-state index in [0.29, 0.717) is 26.7 Å². The van der Waals surface area contributed by atoms with E-state index in [9.17, 15) is 14.7 Å². The maximum absolute atomic E-state index is 12.8. The molecule has 9 heteroatoms. The number of aliphatic hydroxyl groups is 1. The Bertz CT molecular complexity index is 1090. The van der Waals surface area contributed by atoms with Crippen molar-refractivity contribution in [3.8, 4) is 0 Å². The molecular weight excluding hydrogens is 427 g/mol. The molecule has 3 rings (SSSR count). The Kier molecular flexibility index (Phi) is 5.86. The number of carboxylic acid groups (broad SMARTS) is 1. The summed E-state index contributed by atoms with van der Waals surface area (Å²) in [6.45, 7) is -0.422. The van der Waals surface area contributed by atoms with Crippen molar-refractivity contribution in [3.63, 3.8) is 0 Å². The van der Waals surface area contributed by atoms with Gasteiger partial charge in [0.25, 0.3) is 5.91 Å². The lowest BCUT2D eigenvalue weighted by atomic mass is 10.0. The number of aromatic carboxylic acids is 1. The Labute approximate surface area is 175 Å². The molecule has 0 fully saturated rings. The van der Waals surface area contributed by atoms with Crippen molar-refractivity contribution in [1.82, 2.24) is 9.88 Å². The molecule has 0 bridgehead atoms. The monoisotopic (exact) mass is 440 g/mol. The first-order valence-electron chi connectivity index (χ1n) is 8.12. The van der Waals surface area contributed by atoms with Crippen LogP contribution in [0.4, 0.5) is 0 Å². The lowest BCUT2D eigenvalue weighted by molar-refractivity contribution is 0.0696. The second kappa shape index (κ2) is 8.01. The molecule has 1 amide bonds. The van der Waals surface area contributed by atoms with Crippen molar-refractivity contribution < 1.29 is 19.8 Å². The van der Waals surface area contributed by atoms with Gasteiger partial charge < -0.3 is 20.1 Å². The quantitative estimate of drug-likeness (QED) is 0.550. The maximum Gasteiger partial charge on any atom is 0.335 e. The number of aryl methyl sites for hydroxylation is 1. The number of carbonyl (C=O) groups is 2. The zero-order valence-electron chi connectivity index (χ0n) is 14.5. The van der Waals surface area contributed by atoms with Crippen LogP contribution < -0.4 is 5.32 Å². The van der Waals surface area contributed by atoms with E-state index < -0.39 is 24.5 Å². The average Bonchev–Trinajstić information content (AvgIpc) is 3.00. The Hall–Kier alpha value is -2.25. The van der Waals surface area contributed by atoms with Gasteiger partial charge >= 0.3 is 5.97 Å². The molecule has 0 aliphatic heterocycles. The standard InChI is InChI=1S/C19H15Cl3N2O4/c1-24-15-5-4-12(20)17(22)11(15)7-16(24)18(26)23-14(8-25)10-3-2-9(19(27)28)6-13(10)21/h2-7,14,25H,8H2,1H3,(H,23,26)(H,27,28)/t14-/m1/s1. The molecule has 0 unspecified atom stereocenters. The van der Waals surface area contributed by atoms with Crippen molar-refractivity contribution in [2.45, 2.75) is 6.04 Å². The van der Waals surface area contributed by atoms with Crippen molar-refractivity contribution in [3.05, 3.63) is 68.3 Å². The van der Waals surface area contributed by atoms with Crippen molar-refractivity contribution in [2.75, 3.05) is 6.61 Å². The highest BCUT2D eigenvalue weighted by molar-refractivity contribution is 6.45. The summed E-state index contributed by atoms with van der Waals surface area (Å²) in [5.41, 5.74) is 1.46. The van der Waals surface area contributed by atoms with Crippen LogP contribution in [-0.4, -0.2) is 33.3 Å². The van der Waals surface area contributed by atoms with Crippen molar-refractivity contribution in [1.29, 1.82) is 0 Å². The number of halogens is 3.